The molecule has 2 fully saturated rings. The third-order valence-electron chi connectivity index (χ3n) is 3.30. The molecular weight excluding hydrogens is 180 g/mol. The zero-order valence-corrected chi connectivity index (χ0v) is 8.35. The van der Waals surface area contributed by atoms with Gasteiger partial charge in [0.15, 0.2) is 0 Å². The first-order valence-electron chi connectivity index (χ1n) is 5.39. The maximum absolute atomic E-state index is 11.9. The summed E-state index contributed by atoms with van der Waals surface area (Å²) in [5.41, 5.74) is 5.77. The lowest BCUT2D eigenvalue weighted by atomic mass is 10.1. The molecule has 0 spiro atoms. The average molecular weight is 198 g/mol. The zero-order valence-electron chi connectivity index (χ0n) is 8.35. The average Bonchev–Trinajstić information content (AvgIpc) is 2.73. The number of hydrogen-bond acceptors (Lipinski definition) is 3. The summed E-state index contributed by atoms with van der Waals surface area (Å²) in [4.78, 5) is 13.7. The van der Waals surface area contributed by atoms with E-state index in [0.29, 0.717) is 13.1 Å². The number of likely N-dealkylation sites (tertiary alicyclic amines) is 1. The SMILES string of the molecule is NC1CCC(C(=O)N2CC[C@@H](O)C2)C1. The maximum atomic E-state index is 11.9. The normalized spacial score (nSPS) is 37.9. The van der Waals surface area contributed by atoms with Crippen LogP contribution < -0.4 is 5.73 Å². The Morgan fingerprint density at radius 3 is 2.64 bits per heavy atom. The van der Waals surface area contributed by atoms with Crippen LogP contribution in [0.3, 0.4) is 0 Å². The summed E-state index contributed by atoms with van der Waals surface area (Å²) in [6, 6.07) is 0.205. The van der Waals surface area contributed by atoms with Crippen LogP contribution in [0.5, 0.6) is 0 Å². The smallest absolute Gasteiger partial charge is 0.225 e. The summed E-state index contributed by atoms with van der Waals surface area (Å²) >= 11 is 0. The van der Waals surface area contributed by atoms with Crippen molar-refractivity contribution < 1.29 is 9.90 Å². The molecule has 1 saturated heterocycles. The van der Waals surface area contributed by atoms with Crippen molar-refractivity contribution in [3.8, 4) is 0 Å². The van der Waals surface area contributed by atoms with Crippen molar-refractivity contribution in [1.82, 2.24) is 4.90 Å². The van der Waals surface area contributed by atoms with E-state index in [9.17, 15) is 9.90 Å². The molecule has 0 radical (unpaired) electrons. The predicted molar refractivity (Wildman–Crippen MR) is 52.5 cm³/mol. The highest BCUT2D eigenvalue weighted by atomic mass is 16.3. The second kappa shape index (κ2) is 3.87. The minimum Gasteiger partial charge on any atom is -0.391 e. The number of amides is 1. The van der Waals surface area contributed by atoms with E-state index in [1.807, 2.05) is 0 Å². The summed E-state index contributed by atoms with van der Waals surface area (Å²) in [6.07, 6.45) is 3.13. The first-order valence-corrected chi connectivity index (χ1v) is 5.39. The molecule has 80 valence electrons. The van der Waals surface area contributed by atoms with E-state index in [-0.39, 0.29) is 24.0 Å². The Hall–Kier alpha value is -0.610. The number of hydrogen-bond donors (Lipinski definition) is 2. The quantitative estimate of drug-likeness (QED) is 0.608. The van der Waals surface area contributed by atoms with Crippen LogP contribution in [0.25, 0.3) is 0 Å². The van der Waals surface area contributed by atoms with E-state index < -0.39 is 0 Å². The van der Waals surface area contributed by atoms with E-state index in [1.165, 1.54) is 0 Å². The summed E-state index contributed by atoms with van der Waals surface area (Å²) in [5, 5.41) is 9.32. The van der Waals surface area contributed by atoms with Crippen molar-refractivity contribution >= 4 is 5.91 Å². The topological polar surface area (TPSA) is 66.6 Å². The Morgan fingerprint density at radius 2 is 2.14 bits per heavy atom. The Bertz CT molecular complexity index is 210. The fourth-order valence-electron chi connectivity index (χ4n) is 2.44. The van der Waals surface area contributed by atoms with Gasteiger partial charge in [0.2, 0.25) is 5.91 Å². The van der Waals surface area contributed by atoms with Gasteiger partial charge in [0.25, 0.3) is 0 Å². The van der Waals surface area contributed by atoms with E-state index >= 15 is 0 Å². The van der Waals surface area contributed by atoms with Crippen LogP contribution in [0, 0.1) is 5.92 Å². The zero-order chi connectivity index (χ0) is 10.1. The van der Waals surface area contributed by atoms with Crippen LogP contribution in [-0.4, -0.2) is 41.1 Å². The lowest BCUT2D eigenvalue weighted by molar-refractivity contribution is -0.134. The number of aliphatic hydroxyl groups is 1. The summed E-state index contributed by atoms with van der Waals surface area (Å²) in [5.74, 6) is 0.324. The third-order valence-corrected chi connectivity index (χ3v) is 3.30. The number of aliphatic hydroxyl groups excluding tert-OH is 1. The highest BCUT2D eigenvalue weighted by Crippen LogP contribution is 2.27. The third kappa shape index (κ3) is 1.91. The van der Waals surface area contributed by atoms with Crippen molar-refractivity contribution in [2.75, 3.05) is 13.1 Å². The fourth-order valence-corrected chi connectivity index (χ4v) is 2.44. The van der Waals surface area contributed by atoms with E-state index in [1.54, 1.807) is 4.90 Å². The van der Waals surface area contributed by atoms with Gasteiger partial charge in [-0.1, -0.05) is 0 Å². The monoisotopic (exact) mass is 198 g/mol. The van der Waals surface area contributed by atoms with Crippen molar-refractivity contribution in [2.24, 2.45) is 11.7 Å². The van der Waals surface area contributed by atoms with Crippen LogP contribution in [0.4, 0.5) is 0 Å². The standard InChI is InChI=1S/C10H18N2O2/c11-8-2-1-7(5-8)10(14)12-4-3-9(13)6-12/h7-9,13H,1-6,11H2/t7?,8?,9-/m1/s1. The van der Waals surface area contributed by atoms with Gasteiger partial charge in [0.1, 0.15) is 0 Å². The molecule has 1 aliphatic carbocycles. The van der Waals surface area contributed by atoms with Gasteiger partial charge < -0.3 is 15.7 Å². The Morgan fingerprint density at radius 1 is 1.36 bits per heavy atom. The van der Waals surface area contributed by atoms with Crippen molar-refractivity contribution in [2.45, 2.75) is 37.8 Å². The minimum absolute atomic E-state index is 0.121. The number of carbonyl (C=O) groups excluding carboxylic acids is 1. The Kier molecular flexibility index (Phi) is 2.74. The number of carbonyl (C=O) groups is 1. The molecule has 1 heterocycles. The molecule has 0 bridgehead atoms. The van der Waals surface area contributed by atoms with Crippen LogP contribution in [0.15, 0.2) is 0 Å². The largest absolute Gasteiger partial charge is 0.391 e. The summed E-state index contributed by atoms with van der Waals surface area (Å²) in [6.45, 7) is 1.23. The first kappa shape index (κ1) is 9.93. The number of nitrogens with two attached hydrogens (primary N) is 1. The molecule has 3 atom stereocenters. The van der Waals surface area contributed by atoms with Crippen molar-refractivity contribution in [3.05, 3.63) is 0 Å². The van der Waals surface area contributed by atoms with Crippen LogP contribution in [0.1, 0.15) is 25.7 Å². The Labute approximate surface area is 84.1 Å². The van der Waals surface area contributed by atoms with Crippen LogP contribution in [-0.2, 0) is 4.79 Å². The molecule has 0 aromatic rings. The number of nitrogens with zero attached hydrogens (tertiary/aromatic N) is 1. The molecule has 2 rings (SSSR count). The summed E-state index contributed by atoms with van der Waals surface area (Å²) < 4.78 is 0. The van der Waals surface area contributed by atoms with Gasteiger partial charge in [0.05, 0.1) is 6.10 Å². The molecule has 14 heavy (non-hydrogen) atoms. The highest BCUT2D eigenvalue weighted by molar-refractivity contribution is 5.79. The van der Waals surface area contributed by atoms with E-state index in [4.69, 9.17) is 5.73 Å². The number of rotatable bonds is 1. The Balaban J connectivity index is 1.89. The predicted octanol–water partition coefficient (Wildman–Crippen LogP) is -0.293. The van der Waals surface area contributed by atoms with Gasteiger partial charge in [-0.2, -0.15) is 0 Å². The lowest BCUT2D eigenvalue weighted by Crippen LogP contribution is -2.34. The molecule has 0 aromatic heterocycles. The number of β-amino-alcohol motifs (C(OH)–C–C–N with tert-alkyl or cyclic N) is 1. The molecule has 1 amide bonds. The van der Waals surface area contributed by atoms with Gasteiger partial charge in [-0.25, -0.2) is 0 Å². The van der Waals surface area contributed by atoms with Gasteiger partial charge in [-0.15, -0.1) is 0 Å². The van der Waals surface area contributed by atoms with E-state index in [0.717, 1.165) is 25.7 Å². The van der Waals surface area contributed by atoms with Gasteiger partial charge in [0, 0.05) is 25.0 Å². The molecule has 1 saturated carbocycles. The molecular formula is C10H18N2O2. The van der Waals surface area contributed by atoms with Gasteiger partial charge in [-0.05, 0) is 25.7 Å². The second-order valence-electron chi connectivity index (χ2n) is 4.50. The van der Waals surface area contributed by atoms with Crippen molar-refractivity contribution in [3.63, 3.8) is 0 Å². The second-order valence-corrected chi connectivity index (χ2v) is 4.50. The fraction of sp³-hybridized carbons (Fsp3) is 0.900. The molecule has 4 nitrogen and oxygen atoms in total. The summed E-state index contributed by atoms with van der Waals surface area (Å²) in [7, 11) is 0. The molecule has 2 aliphatic rings. The van der Waals surface area contributed by atoms with Crippen LogP contribution >= 0.6 is 0 Å². The first-order chi connectivity index (χ1) is 6.66. The van der Waals surface area contributed by atoms with Crippen LogP contribution in [0.2, 0.25) is 0 Å². The lowest BCUT2D eigenvalue weighted by Gasteiger charge is -2.19. The van der Waals surface area contributed by atoms with Crippen molar-refractivity contribution in [1.29, 1.82) is 0 Å². The minimum atomic E-state index is -0.311. The molecule has 4 heteroatoms. The highest BCUT2D eigenvalue weighted by Gasteiger charge is 2.33. The van der Waals surface area contributed by atoms with Gasteiger partial charge in [-0.3, -0.25) is 4.79 Å². The molecule has 1 aliphatic heterocycles. The van der Waals surface area contributed by atoms with Gasteiger partial charge >= 0.3 is 0 Å². The van der Waals surface area contributed by atoms with E-state index in [2.05, 4.69) is 0 Å². The maximum Gasteiger partial charge on any atom is 0.225 e. The molecule has 2 unspecified atom stereocenters. The molecule has 3 N–H and O–H groups in total. The molecule has 0 aromatic carbocycles.